The second-order valence-electron chi connectivity index (χ2n) is 4.83. The van der Waals surface area contributed by atoms with Gasteiger partial charge in [0.1, 0.15) is 4.99 Å². The van der Waals surface area contributed by atoms with Crippen molar-refractivity contribution in [3.8, 4) is 0 Å². The molecule has 0 bridgehead atoms. The first-order valence-corrected chi connectivity index (χ1v) is 7.35. The van der Waals surface area contributed by atoms with E-state index in [-0.39, 0.29) is 10.5 Å². The summed E-state index contributed by atoms with van der Waals surface area (Å²) in [4.78, 5) is 12.6. The molecule has 0 aliphatic heterocycles. The number of thiocarbonyl (C=S) groups is 1. The molecule has 2 N–H and O–H groups in total. The molecular weight excluding hydrogens is 308 g/mol. The van der Waals surface area contributed by atoms with Crippen LogP contribution in [-0.2, 0) is 20.0 Å². The Bertz CT molecular complexity index is 763. The van der Waals surface area contributed by atoms with Gasteiger partial charge in [-0.3, -0.25) is 9.48 Å². The third-order valence-corrected chi connectivity index (χ3v) is 4.13. The lowest BCUT2D eigenvalue weighted by molar-refractivity contribution is 0.638. The van der Waals surface area contributed by atoms with Crippen LogP contribution < -0.4 is 11.3 Å². The Labute approximate surface area is 133 Å². The number of hydrogen-bond donors (Lipinski definition) is 1. The summed E-state index contributed by atoms with van der Waals surface area (Å²) in [5, 5.41) is 4.96. The van der Waals surface area contributed by atoms with Gasteiger partial charge in [-0.2, -0.15) is 5.10 Å². The number of aryl methyl sites for hydroxylation is 3. The van der Waals surface area contributed by atoms with Gasteiger partial charge in [0, 0.05) is 12.7 Å². The summed E-state index contributed by atoms with van der Waals surface area (Å²) < 4.78 is 3.32. The second-order valence-corrected chi connectivity index (χ2v) is 5.65. The fourth-order valence-electron chi connectivity index (χ4n) is 2.20. The van der Waals surface area contributed by atoms with Crippen molar-refractivity contribution in [3.05, 3.63) is 50.2 Å². The first-order chi connectivity index (χ1) is 9.86. The maximum Gasteiger partial charge on any atom is 0.261 e. The van der Waals surface area contributed by atoms with E-state index in [2.05, 4.69) is 5.10 Å². The lowest BCUT2D eigenvalue weighted by Gasteiger charge is -2.12. The smallest absolute Gasteiger partial charge is 0.261 e. The molecule has 112 valence electrons. The van der Waals surface area contributed by atoms with Gasteiger partial charge in [-0.15, -0.1) is 0 Å². The van der Waals surface area contributed by atoms with Crippen LogP contribution in [0.15, 0.2) is 16.9 Å². The van der Waals surface area contributed by atoms with Crippen molar-refractivity contribution in [3.63, 3.8) is 0 Å². The molecular formula is C14H17ClN4OS. The lowest BCUT2D eigenvalue weighted by atomic mass is 10.2. The first-order valence-electron chi connectivity index (χ1n) is 6.57. The Morgan fingerprint density at radius 2 is 2.14 bits per heavy atom. The summed E-state index contributed by atoms with van der Waals surface area (Å²) in [6, 6.07) is 3.47. The molecule has 2 aromatic rings. The number of pyridine rings is 1. The highest BCUT2D eigenvalue weighted by Gasteiger charge is 2.16. The Morgan fingerprint density at radius 3 is 2.67 bits per heavy atom. The van der Waals surface area contributed by atoms with Crippen LogP contribution in [0, 0.1) is 6.92 Å². The Hall–Kier alpha value is -1.66. The normalized spacial score (nSPS) is 10.9. The molecule has 0 spiro atoms. The minimum atomic E-state index is -0.210. The van der Waals surface area contributed by atoms with Gasteiger partial charge in [-0.05, 0) is 25.5 Å². The predicted octanol–water partition coefficient (Wildman–Crippen LogP) is 1.79. The summed E-state index contributed by atoms with van der Waals surface area (Å²) in [7, 11) is 1.82. The molecule has 0 aromatic carbocycles. The van der Waals surface area contributed by atoms with E-state index >= 15 is 0 Å². The molecule has 0 fully saturated rings. The highest BCUT2D eigenvalue weighted by Crippen LogP contribution is 2.21. The molecule has 21 heavy (non-hydrogen) atoms. The molecule has 0 unspecified atom stereocenters. The van der Waals surface area contributed by atoms with Gasteiger partial charge in [-0.1, -0.05) is 30.7 Å². The first kappa shape index (κ1) is 15.7. The summed E-state index contributed by atoms with van der Waals surface area (Å²) in [6.45, 7) is 4.18. The SMILES string of the molecule is CCc1nn(C)c(Cn2c(C)ccc(C(N)=S)c2=O)c1Cl. The molecule has 2 aromatic heterocycles. The highest BCUT2D eigenvalue weighted by atomic mass is 35.5. The predicted molar refractivity (Wildman–Crippen MR) is 88.0 cm³/mol. The van der Waals surface area contributed by atoms with Gasteiger partial charge in [0.2, 0.25) is 0 Å². The number of rotatable bonds is 4. The van der Waals surface area contributed by atoms with Gasteiger partial charge in [-0.25, -0.2) is 0 Å². The zero-order chi connectivity index (χ0) is 15.7. The molecule has 0 atom stereocenters. The van der Waals surface area contributed by atoms with Crippen LogP contribution in [0.3, 0.4) is 0 Å². The largest absolute Gasteiger partial charge is 0.389 e. The van der Waals surface area contributed by atoms with Crippen LogP contribution in [-0.4, -0.2) is 19.3 Å². The van der Waals surface area contributed by atoms with E-state index < -0.39 is 0 Å². The van der Waals surface area contributed by atoms with E-state index in [9.17, 15) is 4.79 Å². The molecule has 0 amide bonds. The summed E-state index contributed by atoms with van der Waals surface area (Å²) in [6.07, 6.45) is 0.744. The zero-order valence-electron chi connectivity index (χ0n) is 12.2. The number of nitrogens with zero attached hydrogens (tertiary/aromatic N) is 3. The topological polar surface area (TPSA) is 65.8 Å². The lowest BCUT2D eigenvalue weighted by Crippen LogP contribution is -2.31. The number of nitrogens with two attached hydrogens (primary N) is 1. The van der Waals surface area contributed by atoms with E-state index in [0.29, 0.717) is 17.1 Å². The molecule has 0 saturated heterocycles. The highest BCUT2D eigenvalue weighted by molar-refractivity contribution is 7.80. The summed E-state index contributed by atoms with van der Waals surface area (Å²) in [5.41, 5.74) is 8.14. The Balaban J connectivity index is 2.55. The molecule has 5 nitrogen and oxygen atoms in total. The van der Waals surface area contributed by atoms with Crippen LogP contribution in [0.2, 0.25) is 5.02 Å². The number of aromatic nitrogens is 3. The van der Waals surface area contributed by atoms with Crippen molar-refractivity contribution in [1.82, 2.24) is 14.3 Å². The molecule has 2 heterocycles. The van der Waals surface area contributed by atoms with E-state index in [1.165, 1.54) is 0 Å². The maximum atomic E-state index is 12.5. The van der Waals surface area contributed by atoms with E-state index in [4.69, 9.17) is 29.6 Å². The van der Waals surface area contributed by atoms with Crippen LogP contribution in [0.1, 0.15) is 29.6 Å². The van der Waals surface area contributed by atoms with Crippen molar-refractivity contribution < 1.29 is 0 Å². The minimum absolute atomic E-state index is 0.0964. The zero-order valence-corrected chi connectivity index (χ0v) is 13.8. The Kier molecular flexibility index (Phi) is 4.49. The van der Waals surface area contributed by atoms with Gasteiger partial charge < -0.3 is 10.3 Å². The van der Waals surface area contributed by atoms with Crippen molar-refractivity contribution in [2.24, 2.45) is 12.8 Å². The van der Waals surface area contributed by atoms with Crippen molar-refractivity contribution in [2.75, 3.05) is 0 Å². The third kappa shape index (κ3) is 2.87. The van der Waals surface area contributed by atoms with E-state index in [1.807, 2.05) is 27.0 Å². The molecule has 7 heteroatoms. The third-order valence-electron chi connectivity index (χ3n) is 3.47. The monoisotopic (exact) mass is 324 g/mol. The molecule has 2 rings (SSSR count). The Morgan fingerprint density at radius 1 is 1.48 bits per heavy atom. The van der Waals surface area contributed by atoms with Gasteiger partial charge in [0.25, 0.3) is 5.56 Å². The maximum absolute atomic E-state index is 12.5. The molecule has 0 saturated carbocycles. The fourth-order valence-corrected chi connectivity index (χ4v) is 2.71. The molecule has 0 radical (unpaired) electrons. The fraction of sp³-hybridized carbons (Fsp3) is 0.357. The van der Waals surface area contributed by atoms with E-state index in [1.54, 1.807) is 15.3 Å². The van der Waals surface area contributed by atoms with Crippen LogP contribution >= 0.6 is 23.8 Å². The van der Waals surface area contributed by atoms with Crippen molar-refractivity contribution in [2.45, 2.75) is 26.8 Å². The second kappa shape index (κ2) is 5.99. The van der Waals surface area contributed by atoms with E-state index in [0.717, 1.165) is 23.5 Å². The average Bonchev–Trinajstić information content (AvgIpc) is 2.69. The number of hydrogen-bond acceptors (Lipinski definition) is 3. The summed E-state index contributed by atoms with van der Waals surface area (Å²) >= 11 is 11.2. The van der Waals surface area contributed by atoms with Crippen molar-refractivity contribution in [1.29, 1.82) is 0 Å². The van der Waals surface area contributed by atoms with Crippen LogP contribution in [0.25, 0.3) is 0 Å². The van der Waals surface area contributed by atoms with Crippen molar-refractivity contribution >= 4 is 28.8 Å². The van der Waals surface area contributed by atoms with Crippen LogP contribution in [0.4, 0.5) is 0 Å². The van der Waals surface area contributed by atoms with Gasteiger partial charge >= 0.3 is 0 Å². The van der Waals surface area contributed by atoms with Crippen LogP contribution in [0.5, 0.6) is 0 Å². The van der Waals surface area contributed by atoms with Gasteiger partial charge in [0.15, 0.2) is 0 Å². The molecule has 0 aliphatic rings. The molecule has 0 aliphatic carbocycles. The minimum Gasteiger partial charge on any atom is -0.389 e. The summed E-state index contributed by atoms with van der Waals surface area (Å²) in [5.74, 6) is 0. The quantitative estimate of drug-likeness (QED) is 0.871. The average molecular weight is 325 g/mol. The number of halogens is 1. The van der Waals surface area contributed by atoms with Gasteiger partial charge in [0.05, 0.1) is 28.5 Å². The standard InChI is InChI=1S/C14H17ClN4OS/c1-4-10-12(15)11(18(3)17-10)7-19-8(2)5-6-9(13(16)21)14(19)20/h5-6H,4,7H2,1-3H3,(H2,16,21).